The molecule has 0 saturated carbocycles. The summed E-state index contributed by atoms with van der Waals surface area (Å²) >= 11 is 0. The number of nitrogens with zero attached hydrogens (tertiary/aromatic N) is 3. The molecule has 0 unspecified atom stereocenters. The molecule has 1 aliphatic heterocycles. The molecule has 0 atom stereocenters. The van der Waals surface area contributed by atoms with Crippen LogP contribution in [-0.2, 0) is 0 Å². The van der Waals surface area contributed by atoms with Crippen LogP contribution < -0.4 is 15.4 Å². The molecule has 0 radical (unpaired) electrons. The normalized spacial score (nSPS) is 15.4. The van der Waals surface area contributed by atoms with Crippen LogP contribution in [0.5, 0.6) is 5.75 Å². The fourth-order valence-electron chi connectivity index (χ4n) is 3.38. The van der Waals surface area contributed by atoms with E-state index in [9.17, 15) is 0 Å². The standard InChI is InChI=1S/C21H27N5O/c1-25-10-12-26(13-11-25)17-5-8-19-20(15-17)24-21(23-19)16-3-6-18(7-4-16)27-14-2-9-22/h3-8,15H,2,9-14,22H2,1H3,(H,23,24). The van der Waals surface area contributed by atoms with E-state index in [4.69, 9.17) is 15.5 Å². The highest BCUT2D eigenvalue weighted by molar-refractivity contribution is 5.83. The van der Waals surface area contributed by atoms with E-state index in [-0.39, 0.29) is 0 Å². The van der Waals surface area contributed by atoms with Gasteiger partial charge in [0.15, 0.2) is 0 Å². The van der Waals surface area contributed by atoms with E-state index in [2.05, 4.69) is 40.0 Å². The van der Waals surface area contributed by atoms with Crippen molar-refractivity contribution in [2.75, 3.05) is 51.3 Å². The van der Waals surface area contributed by atoms with Gasteiger partial charge in [-0.25, -0.2) is 4.98 Å². The molecule has 1 aromatic heterocycles. The number of hydrogen-bond donors (Lipinski definition) is 2. The van der Waals surface area contributed by atoms with Crippen LogP contribution in [0.1, 0.15) is 6.42 Å². The molecule has 3 N–H and O–H groups in total. The molecule has 4 rings (SSSR count). The number of likely N-dealkylation sites (N-methyl/N-ethyl adjacent to an activating group) is 1. The minimum absolute atomic E-state index is 0.646. The molecule has 0 spiro atoms. The smallest absolute Gasteiger partial charge is 0.138 e. The molecular weight excluding hydrogens is 338 g/mol. The molecule has 1 aliphatic rings. The number of aromatic amines is 1. The molecule has 1 saturated heterocycles. The molecular formula is C21H27N5O. The Morgan fingerprint density at radius 3 is 2.59 bits per heavy atom. The summed E-state index contributed by atoms with van der Waals surface area (Å²) < 4.78 is 5.67. The summed E-state index contributed by atoms with van der Waals surface area (Å²) in [6.07, 6.45) is 0.862. The maximum absolute atomic E-state index is 5.67. The fraction of sp³-hybridized carbons (Fsp3) is 0.381. The lowest BCUT2D eigenvalue weighted by molar-refractivity contribution is 0.313. The van der Waals surface area contributed by atoms with Crippen molar-refractivity contribution >= 4 is 16.7 Å². The summed E-state index contributed by atoms with van der Waals surface area (Å²) in [5.74, 6) is 1.75. The fourth-order valence-corrected chi connectivity index (χ4v) is 3.38. The van der Waals surface area contributed by atoms with Crippen molar-refractivity contribution in [3.05, 3.63) is 42.5 Å². The van der Waals surface area contributed by atoms with Crippen LogP contribution >= 0.6 is 0 Å². The second-order valence-corrected chi connectivity index (χ2v) is 7.09. The van der Waals surface area contributed by atoms with E-state index < -0.39 is 0 Å². The largest absolute Gasteiger partial charge is 0.494 e. The van der Waals surface area contributed by atoms with Gasteiger partial charge in [0, 0.05) is 37.4 Å². The first-order chi connectivity index (χ1) is 13.2. The van der Waals surface area contributed by atoms with Crippen molar-refractivity contribution in [1.29, 1.82) is 0 Å². The van der Waals surface area contributed by atoms with Crippen LogP contribution in [0.25, 0.3) is 22.4 Å². The highest BCUT2D eigenvalue weighted by Crippen LogP contribution is 2.26. The minimum atomic E-state index is 0.646. The van der Waals surface area contributed by atoms with E-state index in [0.717, 1.165) is 60.8 Å². The number of hydrogen-bond acceptors (Lipinski definition) is 5. The molecule has 27 heavy (non-hydrogen) atoms. The van der Waals surface area contributed by atoms with Crippen LogP contribution in [0.4, 0.5) is 5.69 Å². The zero-order chi connectivity index (χ0) is 18.6. The van der Waals surface area contributed by atoms with Gasteiger partial charge in [0.25, 0.3) is 0 Å². The average Bonchev–Trinajstić information content (AvgIpc) is 3.12. The number of nitrogens with one attached hydrogen (secondary N) is 1. The lowest BCUT2D eigenvalue weighted by atomic mass is 10.2. The second kappa shape index (κ2) is 7.98. The summed E-state index contributed by atoms with van der Waals surface area (Å²) in [5, 5.41) is 0. The average molecular weight is 365 g/mol. The van der Waals surface area contributed by atoms with Gasteiger partial charge in [-0.05, 0) is 62.5 Å². The van der Waals surface area contributed by atoms with Crippen molar-refractivity contribution in [3.63, 3.8) is 0 Å². The van der Waals surface area contributed by atoms with Gasteiger partial charge in [0.05, 0.1) is 17.6 Å². The number of nitrogens with two attached hydrogens (primary N) is 1. The third-order valence-corrected chi connectivity index (χ3v) is 5.08. The summed E-state index contributed by atoms with van der Waals surface area (Å²) in [6.45, 7) is 5.63. The molecule has 6 nitrogen and oxygen atoms in total. The maximum Gasteiger partial charge on any atom is 0.138 e. The molecule has 3 aromatic rings. The number of benzene rings is 2. The molecule has 2 aromatic carbocycles. The van der Waals surface area contributed by atoms with Crippen molar-refractivity contribution in [1.82, 2.24) is 14.9 Å². The Morgan fingerprint density at radius 2 is 1.85 bits per heavy atom. The van der Waals surface area contributed by atoms with Gasteiger partial charge < -0.3 is 25.3 Å². The summed E-state index contributed by atoms with van der Waals surface area (Å²) in [7, 11) is 2.18. The van der Waals surface area contributed by atoms with Crippen LogP contribution in [0, 0.1) is 0 Å². The number of anilines is 1. The third kappa shape index (κ3) is 4.07. The minimum Gasteiger partial charge on any atom is -0.494 e. The number of aromatic nitrogens is 2. The first-order valence-electron chi connectivity index (χ1n) is 9.59. The van der Waals surface area contributed by atoms with E-state index >= 15 is 0 Å². The molecule has 142 valence electrons. The maximum atomic E-state index is 5.67. The molecule has 0 amide bonds. The highest BCUT2D eigenvalue weighted by Gasteiger charge is 2.15. The van der Waals surface area contributed by atoms with Gasteiger partial charge in [-0.3, -0.25) is 0 Å². The van der Waals surface area contributed by atoms with Crippen LogP contribution in [0.3, 0.4) is 0 Å². The summed E-state index contributed by atoms with van der Waals surface area (Å²) in [4.78, 5) is 13.0. The monoisotopic (exact) mass is 365 g/mol. The first kappa shape index (κ1) is 17.8. The quantitative estimate of drug-likeness (QED) is 0.657. The Bertz CT molecular complexity index is 881. The molecule has 0 bridgehead atoms. The Morgan fingerprint density at radius 1 is 1.07 bits per heavy atom. The lowest BCUT2D eigenvalue weighted by Crippen LogP contribution is -2.44. The Balaban J connectivity index is 1.51. The number of imidazole rings is 1. The zero-order valence-electron chi connectivity index (χ0n) is 15.8. The summed E-state index contributed by atoms with van der Waals surface area (Å²) in [6, 6.07) is 14.5. The van der Waals surface area contributed by atoms with Gasteiger partial charge >= 0.3 is 0 Å². The van der Waals surface area contributed by atoms with E-state index in [1.54, 1.807) is 0 Å². The summed E-state index contributed by atoms with van der Waals surface area (Å²) in [5.41, 5.74) is 9.87. The van der Waals surface area contributed by atoms with E-state index in [0.29, 0.717) is 13.2 Å². The Kier molecular flexibility index (Phi) is 5.27. The lowest BCUT2D eigenvalue weighted by Gasteiger charge is -2.34. The van der Waals surface area contributed by atoms with Crippen LogP contribution in [0.2, 0.25) is 0 Å². The van der Waals surface area contributed by atoms with Crippen molar-refractivity contribution in [3.8, 4) is 17.1 Å². The Hall–Kier alpha value is -2.57. The van der Waals surface area contributed by atoms with Crippen LogP contribution in [-0.4, -0.2) is 61.2 Å². The molecule has 2 heterocycles. The SMILES string of the molecule is CN1CCN(c2ccc3nc(-c4ccc(OCCCN)cc4)[nH]c3c2)CC1. The van der Waals surface area contributed by atoms with Gasteiger partial charge in [0.2, 0.25) is 0 Å². The number of fused-ring (bicyclic) bond motifs is 1. The van der Waals surface area contributed by atoms with Gasteiger partial charge in [-0.2, -0.15) is 0 Å². The van der Waals surface area contributed by atoms with Gasteiger partial charge in [-0.15, -0.1) is 0 Å². The predicted molar refractivity (Wildman–Crippen MR) is 110 cm³/mol. The Labute approximate surface area is 159 Å². The number of piperazine rings is 1. The predicted octanol–water partition coefficient (Wildman–Crippen LogP) is 2.71. The number of H-pyrrole nitrogens is 1. The topological polar surface area (TPSA) is 70.4 Å². The first-order valence-corrected chi connectivity index (χ1v) is 9.59. The van der Waals surface area contributed by atoms with Gasteiger partial charge in [0.1, 0.15) is 11.6 Å². The number of ether oxygens (including phenoxy) is 1. The zero-order valence-corrected chi connectivity index (χ0v) is 15.8. The number of rotatable bonds is 6. The molecule has 1 fully saturated rings. The molecule has 0 aliphatic carbocycles. The van der Waals surface area contributed by atoms with Crippen LogP contribution in [0.15, 0.2) is 42.5 Å². The molecule has 6 heteroatoms. The second-order valence-electron chi connectivity index (χ2n) is 7.09. The van der Waals surface area contributed by atoms with Crippen molar-refractivity contribution in [2.24, 2.45) is 5.73 Å². The third-order valence-electron chi connectivity index (χ3n) is 5.08. The van der Waals surface area contributed by atoms with Gasteiger partial charge in [-0.1, -0.05) is 0 Å². The van der Waals surface area contributed by atoms with E-state index in [1.807, 2.05) is 24.3 Å². The van der Waals surface area contributed by atoms with E-state index in [1.165, 1.54) is 5.69 Å². The van der Waals surface area contributed by atoms with Crippen molar-refractivity contribution < 1.29 is 4.74 Å². The van der Waals surface area contributed by atoms with Crippen molar-refractivity contribution in [2.45, 2.75) is 6.42 Å². The highest BCUT2D eigenvalue weighted by atomic mass is 16.5.